The van der Waals surface area contributed by atoms with Gasteiger partial charge in [-0.3, -0.25) is 4.79 Å². The summed E-state index contributed by atoms with van der Waals surface area (Å²) in [4.78, 5) is 16.6. The van der Waals surface area contributed by atoms with Crippen LogP contribution in [0.25, 0.3) is 0 Å². The highest BCUT2D eigenvalue weighted by Crippen LogP contribution is 2.32. The van der Waals surface area contributed by atoms with Crippen LogP contribution in [0.2, 0.25) is 0 Å². The van der Waals surface area contributed by atoms with E-state index < -0.39 is 0 Å². The molecule has 3 unspecified atom stereocenters. The highest BCUT2D eigenvalue weighted by Gasteiger charge is 2.34. The molecule has 2 aliphatic heterocycles. The van der Waals surface area contributed by atoms with Crippen LogP contribution in [0.3, 0.4) is 0 Å². The second kappa shape index (κ2) is 5.82. The van der Waals surface area contributed by atoms with Gasteiger partial charge in [0.2, 0.25) is 5.91 Å². The summed E-state index contributed by atoms with van der Waals surface area (Å²) in [7, 11) is 0. The van der Waals surface area contributed by atoms with Crippen molar-refractivity contribution in [3.05, 3.63) is 16.1 Å². The average molecular weight is 293 g/mol. The summed E-state index contributed by atoms with van der Waals surface area (Å²) in [6.45, 7) is 4.00. The Labute approximate surface area is 124 Å². The first-order chi connectivity index (χ1) is 9.60. The van der Waals surface area contributed by atoms with Gasteiger partial charge >= 0.3 is 0 Å². The monoisotopic (exact) mass is 293 g/mol. The van der Waals surface area contributed by atoms with Crippen LogP contribution in [-0.4, -0.2) is 23.0 Å². The van der Waals surface area contributed by atoms with Crippen molar-refractivity contribution < 1.29 is 4.79 Å². The fourth-order valence-electron chi connectivity index (χ4n) is 3.54. The van der Waals surface area contributed by atoms with E-state index in [1.54, 1.807) is 11.3 Å². The van der Waals surface area contributed by atoms with Gasteiger partial charge in [-0.1, -0.05) is 0 Å². The number of hydrogen-bond acceptors (Lipinski definition) is 4. The third-order valence-electron chi connectivity index (χ3n) is 4.43. The Morgan fingerprint density at radius 1 is 1.50 bits per heavy atom. The Balaban J connectivity index is 1.49. The number of nitrogens with zero attached hydrogens (tertiary/aromatic N) is 1. The number of rotatable bonds is 4. The van der Waals surface area contributed by atoms with Gasteiger partial charge in [0.25, 0.3) is 0 Å². The van der Waals surface area contributed by atoms with E-state index in [-0.39, 0.29) is 11.9 Å². The predicted molar refractivity (Wildman–Crippen MR) is 80.7 cm³/mol. The lowest BCUT2D eigenvalue weighted by Crippen LogP contribution is -2.40. The van der Waals surface area contributed by atoms with E-state index in [4.69, 9.17) is 0 Å². The molecule has 1 aromatic heterocycles. The zero-order valence-electron chi connectivity index (χ0n) is 12.2. The van der Waals surface area contributed by atoms with Gasteiger partial charge in [-0.25, -0.2) is 4.98 Å². The van der Waals surface area contributed by atoms with Crippen molar-refractivity contribution in [2.75, 3.05) is 0 Å². The Morgan fingerprint density at radius 2 is 2.20 bits per heavy atom. The number of piperidine rings is 1. The molecule has 0 aliphatic carbocycles. The number of fused-ring (bicyclic) bond motifs is 2. The molecule has 3 heterocycles. The largest absolute Gasteiger partial charge is 0.347 e. The summed E-state index contributed by atoms with van der Waals surface area (Å²) in [6, 6.07) is 1.34. The van der Waals surface area contributed by atoms with Crippen LogP contribution in [0, 0.1) is 12.8 Å². The molecular formula is C15H23N3OS. The van der Waals surface area contributed by atoms with E-state index in [0.29, 0.717) is 24.4 Å². The normalized spacial score (nSPS) is 30.2. The molecule has 110 valence electrons. The minimum absolute atomic E-state index is 0.0274. The van der Waals surface area contributed by atoms with Gasteiger partial charge in [-0.2, -0.15) is 0 Å². The molecule has 1 aromatic rings. The third kappa shape index (κ3) is 3.20. The first-order valence-corrected chi connectivity index (χ1v) is 8.45. The van der Waals surface area contributed by atoms with Crippen LogP contribution >= 0.6 is 11.3 Å². The maximum Gasteiger partial charge on any atom is 0.220 e. The molecule has 2 saturated heterocycles. The standard InChI is InChI=1S/C15H23N3OS/c1-9-8-20-15(16-9)10(2)17-14(19)7-11-5-12-3-4-13(6-11)18-12/h8,10-13,18H,3-7H2,1-2H3,(H,17,19). The molecule has 0 spiro atoms. The van der Waals surface area contributed by atoms with Crippen LogP contribution in [0.4, 0.5) is 0 Å². The van der Waals surface area contributed by atoms with E-state index in [1.165, 1.54) is 12.8 Å². The quantitative estimate of drug-likeness (QED) is 0.897. The minimum Gasteiger partial charge on any atom is -0.347 e. The molecule has 2 N–H and O–H groups in total. The summed E-state index contributed by atoms with van der Waals surface area (Å²) in [6.07, 6.45) is 5.57. The van der Waals surface area contributed by atoms with Crippen molar-refractivity contribution in [1.82, 2.24) is 15.6 Å². The molecule has 3 atom stereocenters. The molecule has 2 fully saturated rings. The number of aromatic nitrogens is 1. The van der Waals surface area contributed by atoms with Gasteiger partial charge in [0.15, 0.2) is 0 Å². The summed E-state index contributed by atoms with van der Waals surface area (Å²) in [5, 5.41) is 9.75. The Morgan fingerprint density at radius 3 is 2.80 bits per heavy atom. The molecule has 5 heteroatoms. The van der Waals surface area contributed by atoms with Crippen LogP contribution in [-0.2, 0) is 4.79 Å². The number of hydrogen-bond donors (Lipinski definition) is 2. The van der Waals surface area contributed by atoms with E-state index in [1.807, 2.05) is 19.2 Å². The zero-order chi connectivity index (χ0) is 14.1. The van der Waals surface area contributed by atoms with Crippen LogP contribution < -0.4 is 10.6 Å². The molecule has 0 radical (unpaired) electrons. The van der Waals surface area contributed by atoms with Crippen molar-refractivity contribution >= 4 is 17.2 Å². The van der Waals surface area contributed by atoms with E-state index in [0.717, 1.165) is 23.5 Å². The molecular weight excluding hydrogens is 270 g/mol. The fourth-order valence-corrected chi connectivity index (χ4v) is 4.34. The summed E-state index contributed by atoms with van der Waals surface area (Å²) < 4.78 is 0. The molecule has 0 aromatic carbocycles. The molecule has 4 nitrogen and oxygen atoms in total. The van der Waals surface area contributed by atoms with Crippen LogP contribution in [0.1, 0.15) is 55.8 Å². The Bertz CT molecular complexity index is 475. The molecule has 20 heavy (non-hydrogen) atoms. The summed E-state index contributed by atoms with van der Waals surface area (Å²) in [5.74, 6) is 0.732. The van der Waals surface area contributed by atoms with Crippen molar-refractivity contribution in [3.63, 3.8) is 0 Å². The van der Waals surface area contributed by atoms with Gasteiger partial charge in [0.1, 0.15) is 5.01 Å². The average Bonchev–Trinajstić information content (AvgIpc) is 2.95. The van der Waals surface area contributed by atoms with Crippen molar-refractivity contribution in [2.24, 2.45) is 5.92 Å². The van der Waals surface area contributed by atoms with E-state index in [9.17, 15) is 4.79 Å². The lowest BCUT2D eigenvalue weighted by Gasteiger charge is -2.28. The minimum atomic E-state index is 0.0274. The van der Waals surface area contributed by atoms with Crippen LogP contribution in [0.5, 0.6) is 0 Å². The number of aryl methyl sites for hydroxylation is 1. The lowest BCUT2D eigenvalue weighted by atomic mass is 9.89. The fraction of sp³-hybridized carbons (Fsp3) is 0.733. The second-order valence-electron chi connectivity index (χ2n) is 6.30. The SMILES string of the molecule is Cc1csc(C(C)NC(=O)CC2CC3CCC(C2)N3)n1. The number of nitrogens with one attached hydrogen (secondary N) is 2. The van der Waals surface area contributed by atoms with Gasteiger partial charge in [-0.15, -0.1) is 11.3 Å². The smallest absolute Gasteiger partial charge is 0.220 e. The maximum atomic E-state index is 12.2. The summed E-state index contributed by atoms with van der Waals surface area (Å²) >= 11 is 1.62. The van der Waals surface area contributed by atoms with E-state index >= 15 is 0 Å². The summed E-state index contributed by atoms with van der Waals surface area (Å²) in [5.41, 5.74) is 1.03. The molecule has 3 rings (SSSR count). The second-order valence-corrected chi connectivity index (χ2v) is 7.19. The van der Waals surface area contributed by atoms with Gasteiger partial charge < -0.3 is 10.6 Å². The predicted octanol–water partition coefficient (Wildman–Crippen LogP) is 2.55. The number of carbonyl (C=O) groups excluding carboxylic acids is 1. The molecule has 2 aliphatic rings. The van der Waals surface area contributed by atoms with E-state index in [2.05, 4.69) is 15.6 Å². The topological polar surface area (TPSA) is 54.0 Å². The highest BCUT2D eigenvalue weighted by molar-refractivity contribution is 7.09. The lowest BCUT2D eigenvalue weighted by molar-refractivity contribution is -0.122. The Hall–Kier alpha value is -0.940. The number of amides is 1. The van der Waals surface area contributed by atoms with Crippen LogP contribution in [0.15, 0.2) is 5.38 Å². The first kappa shape index (κ1) is 14.0. The van der Waals surface area contributed by atoms with Gasteiger partial charge in [0.05, 0.1) is 6.04 Å². The molecule has 1 amide bonds. The zero-order valence-corrected chi connectivity index (χ0v) is 13.0. The number of carbonyl (C=O) groups is 1. The highest BCUT2D eigenvalue weighted by atomic mass is 32.1. The molecule has 2 bridgehead atoms. The van der Waals surface area contributed by atoms with Crippen molar-refractivity contribution in [1.29, 1.82) is 0 Å². The van der Waals surface area contributed by atoms with Gasteiger partial charge in [0, 0.05) is 29.6 Å². The molecule has 0 saturated carbocycles. The third-order valence-corrected chi connectivity index (χ3v) is 5.57. The van der Waals surface area contributed by atoms with Crippen molar-refractivity contribution in [2.45, 2.75) is 64.1 Å². The first-order valence-electron chi connectivity index (χ1n) is 7.57. The van der Waals surface area contributed by atoms with Gasteiger partial charge in [-0.05, 0) is 45.4 Å². The Kier molecular flexibility index (Phi) is 4.08. The number of thiazole rings is 1. The van der Waals surface area contributed by atoms with Crippen molar-refractivity contribution in [3.8, 4) is 0 Å². The maximum absolute atomic E-state index is 12.2.